The van der Waals surface area contributed by atoms with Crippen molar-refractivity contribution in [2.24, 2.45) is 0 Å². The normalized spacial score (nSPS) is 15.4. The van der Waals surface area contributed by atoms with Crippen LogP contribution in [0.1, 0.15) is 5.56 Å². The number of aromatic amines is 1. The minimum atomic E-state index is 0.656. The molecule has 2 aromatic rings. The number of aromatic nitrogens is 3. The predicted octanol–water partition coefficient (Wildman–Crippen LogP) is 0.857. The Morgan fingerprint density at radius 2 is 2.38 bits per heavy atom. The molecule has 5 nitrogen and oxygen atoms in total. The summed E-state index contributed by atoms with van der Waals surface area (Å²) in [6.45, 7) is 0.656. The largest absolute Gasteiger partial charge is 0.346 e. The highest BCUT2D eigenvalue weighted by Gasteiger charge is 2.13. The summed E-state index contributed by atoms with van der Waals surface area (Å²) in [6, 6.07) is 0. The Morgan fingerprint density at radius 3 is 3.38 bits per heavy atom. The lowest BCUT2D eigenvalue weighted by atomic mass is 10.2. The lowest BCUT2D eigenvalue weighted by molar-refractivity contribution is 0.199. The summed E-state index contributed by atoms with van der Waals surface area (Å²) in [5.41, 5.74) is 4.87. The molecule has 0 aromatic carbocycles. The summed E-state index contributed by atoms with van der Waals surface area (Å²) in [7, 11) is 0. The fraction of sp³-hybridized carbons (Fsp3) is 0.250. The molecule has 2 aromatic heterocycles. The molecule has 0 saturated carbocycles. The molecule has 3 heterocycles. The number of hydrogen-bond acceptors (Lipinski definition) is 4. The second-order valence-corrected chi connectivity index (χ2v) is 2.96. The number of H-pyrrole nitrogens is 1. The van der Waals surface area contributed by atoms with Crippen molar-refractivity contribution in [1.29, 1.82) is 0 Å². The van der Waals surface area contributed by atoms with Gasteiger partial charge in [0.25, 0.3) is 0 Å². The van der Waals surface area contributed by atoms with Crippen LogP contribution in [0.5, 0.6) is 0 Å². The van der Waals surface area contributed by atoms with E-state index in [-0.39, 0.29) is 0 Å². The SMILES string of the molecule is c1nc2c3c(c[nH]c3n1)CCON2. The molecule has 66 valence electrons. The van der Waals surface area contributed by atoms with E-state index in [0.717, 1.165) is 23.3 Å². The van der Waals surface area contributed by atoms with Crippen LogP contribution in [0, 0.1) is 0 Å². The van der Waals surface area contributed by atoms with Crippen molar-refractivity contribution < 1.29 is 4.84 Å². The highest BCUT2D eigenvalue weighted by molar-refractivity contribution is 5.90. The van der Waals surface area contributed by atoms with E-state index in [1.54, 1.807) is 0 Å². The van der Waals surface area contributed by atoms with E-state index in [1.165, 1.54) is 11.9 Å². The first-order valence-electron chi connectivity index (χ1n) is 4.14. The molecular formula is C8H8N4O. The maximum absolute atomic E-state index is 5.17. The summed E-state index contributed by atoms with van der Waals surface area (Å²) in [5, 5.41) is 1.04. The van der Waals surface area contributed by atoms with E-state index in [0.29, 0.717) is 6.61 Å². The van der Waals surface area contributed by atoms with Crippen molar-refractivity contribution >= 4 is 16.9 Å². The van der Waals surface area contributed by atoms with Crippen LogP contribution < -0.4 is 5.48 Å². The van der Waals surface area contributed by atoms with Crippen molar-refractivity contribution in [2.45, 2.75) is 6.42 Å². The molecule has 0 radical (unpaired) electrons. The average Bonchev–Trinajstić information content (AvgIpc) is 2.44. The Morgan fingerprint density at radius 1 is 1.38 bits per heavy atom. The molecule has 5 heteroatoms. The number of hydrogen-bond donors (Lipinski definition) is 2. The van der Waals surface area contributed by atoms with Gasteiger partial charge in [-0.25, -0.2) is 15.4 Å². The molecule has 0 spiro atoms. The van der Waals surface area contributed by atoms with E-state index in [9.17, 15) is 0 Å². The molecule has 0 amide bonds. The lowest BCUT2D eigenvalue weighted by Crippen LogP contribution is -2.02. The van der Waals surface area contributed by atoms with E-state index in [1.807, 2.05) is 6.20 Å². The summed E-state index contributed by atoms with van der Waals surface area (Å²) in [5.74, 6) is 0.749. The van der Waals surface area contributed by atoms with Crippen LogP contribution in [-0.2, 0) is 11.3 Å². The number of rotatable bonds is 0. The van der Waals surface area contributed by atoms with Gasteiger partial charge < -0.3 is 4.98 Å². The van der Waals surface area contributed by atoms with Gasteiger partial charge in [0.1, 0.15) is 12.0 Å². The highest BCUT2D eigenvalue weighted by atomic mass is 16.6. The zero-order chi connectivity index (χ0) is 8.67. The molecular weight excluding hydrogens is 168 g/mol. The first kappa shape index (κ1) is 6.85. The Labute approximate surface area is 74.1 Å². The number of anilines is 1. The fourth-order valence-electron chi connectivity index (χ4n) is 1.58. The van der Waals surface area contributed by atoms with Gasteiger partial charge in [-0.1, -0.05) is 0 Å². The number of nitrogens with one attached hydrogen (secondary N) is 2. The number of nitrogens with zero attached hydrogens (tertiary/aromatic N) is 2. The first-order valence-corrected chi connectivity index (χ1v) is 4.14. The minimum Gasteiger partial charge on any atom is -0.346 e. The van der Waals surface area contributed by atoms with Crippen molar-refractivity contribution in [2.75, 3.05) is 12.1 Å². The summed E-state index contributed by atoms with van der Waals surface area (Å²) in [4.78, 5) is 16.5. The van der Waals surface area contributed by atoms with Crippen LogP contribution in [0.4, 0.5) is 5.82 Å². The Balaban J connectivity index is 2.40. The van der Waals surface area contributed by atoms with Crippen LogP contribution in [0.3, 0.4) is 0 Å². The molecule has 0 aliphatic carbocycles. The molecule has 0 unspecified atom stereocenters. The van der Waals surface area contributed by atoms with E-state index < -0.39 is 0 Å². The quantitative estimate of drug-likeness (QED) is 0.624. The van der Waals surface area contributed by atoms with Gasteiger partial charge >= 0.3 is 0 Å². The zero-order valence-corrected chi connectivity index (χ0v) is 6.87. The van der Waals surface area contributed by atoms with E-state index in [4.69, 9.17) is 4.84 Å². The molecule has 2 N–H and O–H groups in total. The Bertz CT molecular complexity index is 450. The van der Waals surface area contributed by atoms with Gasteiger partial charge in [-0.15, -0.1) is 0 Å². The van der Waals surface area contributed by atoms with Crippen LogP contribution >= 0.6 is 0 Å². The molecule has 1 aliphatic heterocycles. The molecule has 1 aliphatic rings. The Hall–Kier alpha value is -1.62. The lowest BCUT2D eigenvalue weighted by Gasteiger charge is -2.01. The summed E-state index contributed by atoms with van der Waals surface area (Å²) < 4.78 is 0. The van der Waals surface area contributed by atoms with Gasteiger partial charge in [-0.3, -0.25) is 4.84 Å². The van der Waals surface area contributed by atoms with Crippen molar-refractivity contribution in [3.63, 3.8) is 0 Å². The van der Waals surface area contributed by atoms with Crippen LogP contribution in [0.25, 0.3) is 11.0 Å². The molecule has 0 saturated heterocycles. The van der Waals surface area contributed by atoms with Gasteiger partial charge in [0, 0.05) is 12.6 Å². The highest BCUT2D eigenvalue weighted by Crippen LogP contribution is 2.25. The van der Waals surface area contributed by atoms with Crippen molar-refractivity contribution in [3.05, 3.63) is 18.1 Å². The molecule has 0 fully saturated rings. The average molecular weight is 176 g/mol. The molecule has 13 heavy (non-hydrogen) atoms. The third kappa shape index (κ3) is 0.905. The topological polar surface area (TPSA) is 62.8 Å². The maximum Gasteiger partial charge on any atom is 0.162 e. The third-order valence-corrected chi connectivity index (χ3v) is 2.19. The smallest absolute Gasteiger partial charge is 0.162 e. The second-order valence-electron chi connectivity index (χ2n) is 2.96. The monoisotopic (exact) mass is 176 g/mol. The zero-order valence-electron chi connectivity index (χ0n) is 6.87. The molecule has 0 atom stereocenters. The van der Waals surface area contributed by atoms with Crippen LogP contribution in [0.2, 0.25) is 0 Å². The standard InChI is InChI=1S/C8H8N4O/c1-2-13-12-8-6-5(1)3-9-7(6)10-4-11-8/h3-4H,1-2H2,(H2,9,10,11,12). The third-order valence-electron chi connectivity index (χ3n) is 2.19. The van der Waals surface area contributed by atoms with E-state index in [2.05, 4.69) is 20.4 Å². The summed E-state index contributed by atoms with van der Waals surface area (Å²) in [6.07, 6.45) is 4.35. The van der Waals surface area contributed by atoms with Crippen LogP contribution in [0.15, 0.2) is 12.5 Å². The van der Waals surface area contributed by atoms with E-state index >= 15 is 0 Å². The van der Waals surface area contributed by atoms with Crippen LogP contribution in [-0.4, -0.2) is 21.6 Å². The maximum atomic E-state index is 5.17. The first-order chi connectivity index (χ1) is 6.45. The van der Waals surface area contributed by atoms with Gasteiger partial charge in [-0.2, -0.15) is 0 Å². The van der Waals surface area contributed by atoms with Gasteiger partial charge in [0.05, 0.1) is 12.0 Å². The fourth-order valence-corrected chi connectivity index (χ4v) is 1.58. The molecule has 3 rings (SSSR count). The Kier molecular flexibility index (Phi) is 1.28. The van der Waals surface area contributed by atoms with Gasteiger partial charge in [-0.05, 0) is 5.56 Å². The summed E-state index contributed by atoms with van der Waals surface area (Å²) >= 11 is 0. The minimum absolute atomic E-state index is 0.656. The van der Waals surface area contributed by atoms with Crippen molar-refractivity contribution in [3.8, 4) is 0 Å². The van der Waals surface area contributed by atoms with Gasteiger partial charge in [0.2, 0.25) is 0 Å². The van der Waals surface area contributed by atoms with Gasteiger partial charge in [0.15, 0.2) is 5.82 Å². The predicted molar refractivity (Wildman–Crippen MR) is 47.2 cm³/mol. The molecule has 0 bridgehead atoms. The van der Waals surface area contributed by atoms with Crippen molar-refractivity contribution in [1.82, 2.24) is 15.0 Å². The second kappa shape index (κ2) is 2.43.